The van der Waals surface area contributed by atoms with Crippen LogP contribution in [0.3, 0.4) is 0 Å². The van der Waals surface area contributed by atoms with E-state index in [1.54, 1.807) is 12.3 Å². The number of anilines is 2. The third-order valence-corrected chi connectivity index (χ3v) is 1.62. The van der Waals surface area contributed by atoms with Crippen LogP contribution in [-0.2, 0) is 0 Å². The first-order valence-corrected chi connectivity index (χ1v) is 3.33. The van der Waals surface area contributed by atoms with Gasteiger partial charge in [0, 0.05) is 6.20 Å². The standard InChI is InChI=1S/C6H8N6/c7-4-3-1-2-12(9)5(3)11-6(8)10-4/h1-2H,9H2,(H4,7,8,10,11). The van der Waals surface area contributed by atoms with Crippen molar-refractivity contribution in [3.8, 4) is 0 Å². The van der Waals surface area contributed by atoms with Crippen molar-refractivity contribution in [3.63, 3.8) is 0 Å². The molecule has 0 bridgehead atoms. The van der Waals surface area contributed by atoms with Crippen molar-refractivity contribution in [2.24, 2.45) is 0 Å². The van der Waals surface area contributed by atoms with Crippen LogP contribution < -0.4 is 17.3 Å². The third kappa shape index (κ3) is 0.746. The number of fused-ring (bicyclic) bond motifs is 1. The predicted molar refractivity (Wildman–Crippen MR) is 46.5 cm³/mol. The first kappa shape index (κ1) is 6.71. The SMILES string of the molecule is Nc1nc(N)c2ccn(N)c2n1. The van der Waals surface area contributed by atoms with Crippen molar-refractivity contribution >= 4 is 22.8 Å². The highest BCUT2D eigenvalue weighted by atomic mass is 15.3. The molecule has 0 unspecified atom stereocenters. The molecule has 0 saturated carbocycles. The summed E-state index contributed by atoms with van der Waals surface area (Å²) in [7, 11) is 0. The molecule has 0 radical (unpaired) electrons. The Morgan fingerprint density at radius 1 is 1.25 bits per heavy atom. The number of nitrogen functional groups attached to an aromatic ring is 3. The average molecular weight is 164 g/mol. The van der Waals surface area contributed by atoms with E-state index < -0.39 is 0 Å². The van der Waals surface area contributed by atoms with Crippen LogP contribution in [0.1, 0.15) is 0 Å². The van der Waals surface area contributed by atoms with Crippen LogP contribution in [0.25, 0.3) is 11.0 Å². The highest BCUT2D eigenvalue weighted by Gasteiger charge is 2.05. The van der Waals surface area contributed by atoms with Crippen LogP contribution in [0, 0.1) is 0 Å². The van der Waals surface area contributed by atoms with E-state index in [0.717, 1.165) is 0 Å². The van der Waals surface area contributed by atoms with Gasteiger partial charge in [-0.25, -0.2) is 0 Å². The Morgan fingerprint density at radius 2 is 2.00 bits per heavy atom. The van der Waals surface area contributed by atoms with E-state index in [9.17, 15) is 0 Å². The van der Waals surface area contributed by atoms with Crippen molar-refractivity contribution in [2.45, 2.75) is 0 Å². The zero-order valence-corrected chi connectivity index (χ0v) is 6.23. The van der Waals surface area contributed by atoms with Gasteiger partial charge in [-0.3, -0.25) is 4.68 Å². The van der Waals surface area contributed by atoms with Crippen LogP contribution in [0.2, 0.25) is 0 Å². The van der Waals surface area contributed by atoms with Gasteiger partial charge in [0.2, 0.25) is 5.95 Å². The molecule has 0 spiro atoms. The van der Waals surface area contributed by atoms with Gasteiger partial charge in [-0.1, -0.05) is 0 Å². The highest BCUT2D eigenvalue weighted by molar-refractivity contribution is 5.87. The first-order valence-electron chi connectivity index (χ1n) is 3.33. The van der Waals surface area contributed by atoms with E-state index >= 15 is 0 Å². The molecule has 2 aromatic rings. The van der Waals surface area contributed by atoms with E-state index in [0.29, 0.717) is 16.9 Å². The summed E-state index contributed by atoms with van der Waals surface area (Å²) in [4.78, 5) is 7.71. The van der Waals surface area contributed by atoms with E-state index in [1.807, 2.05) is 0 Å². The van der Waals surface area contributed by atoms with Gasteiger partial charge in [-0.05, 0) is 6.07 Å². The fourth-order valence-electron chi connectivity index (χ4n) is 1.07. The molecule has 62 valence electrons. The number of hydrogen-bond acceptors (Lipinski definition) is 5. The molecule has 0 saturated heterocycles. The van der Waals surface area contributed by atoms with Crippen LogP contribution in [0.15, 0.2) is 12.3 Å². The number of nitrogens with two attached hydrogens (primary N) is 3. The maximum absolute atomic E-state index is 5.57. The van der Waals surface area contributed by atoms with Crippen molar-refractivity contribution in [1.29, 1.82) is 0 Å². The molecular weight excluding hydrogens is 156 g/mol. The summed E-state index contributed by atoms with van der Waals surface area (Å²) in [6, 6.07) is 1.74. The molecule has 2 aromatic heterocycles. The van der Waals surface area contributed by atoms with Gasteiger partial charge < -0.3 is 17.3 Å². The summed E-state index contributed by atoms with van der Waals surface area (Å²) >= 11 is 0. The Balaban J connectivity index is 2.92. The topological polar surface area (TPSA) is 109 Å². The van der Waals surface area contributed by atoms with E-state index in [1.165, 1.54) is 4.68 Å². The van der Waals surface area contributed by atoms with Crippen molar-refractivity contribution < 1.29 is 0 Å². The molecule has 12 heavy (non-hydrogen) atoms. The summed E-state index contributed by atoms with van der Waals surface area (Å²) < 4.78 is 1.35. The molecule has 0 atom stereocenters. The van der Waals surface area contributed by atoms with Crippen molar-refractivity contribution in [3.05, 3.63) is 12.3 Å². The minimum atomic E-state index is 0.130. The van der Waals surface area contributed by atoms with Gasteiger partial charge >= 0.3 is 0 Å². The van der Waals surface area contributed by atoms with Gasteiger partial charge in [-0.2, -0.15) is 9.97 Å². The summed E-state index contributed by atoms with van der Waals surface area (Å²) in [6.45, 7) is 0. The largest absolute Gasteiger partial charge is 0.383 e. The van der Waals surface area contributed by atoms with Crippen LogP contribution >= 0.6 is 0 Å². The lowest BCUT2D eigenvalue weighted by Crippen LogP contribution is -2.08. The van der Waals surface area contributed by atoms with E-state index in [-0.39, 0.29) is 5.95 Å². The summed E-state index contributed by atoms with van der Waals surface area (Å²) in [5, 5.41) is 0.715. The quantitative estimate of drug-likeness (QED) is 0.446. The monoisotopic (exact) mass is 164 g/mol. The van der Waals surface area contributed by atoms with Gasteiger partial charge in [0.15, 0.2) is 5.65 Å². The first-order chi connectivity index (χ1) is 5.68. The van der Waals surface area contributed by atoms with Gasteiger partial charge in [0.25, 0.3) is 0 Å². The Bertz CT molecular complexity index is 431. The van der Waals surface area contributed by atoms with Gasteiger partial charge in [0.1, 0.15) is 5.82 Å². The maximum atomic E-state index is 5.57. The molecular formula is C6H8N6. The summed E-state index contributed by atoms with van der Waals surface area (Å²) in [5.74, 6) is 6.01. The minimum absolute atomic E-state index is 0.130. The molecule has 6 heteroatoms. The highest BCUT2D eigenvalue weighted by Crippen LogP contribution is 2.17. The maximum Gasteiger partial charge on any atom is 0.224 e. The Labute approximate surface area is 68.0 Å². The fraction of sp³-hybridized carbons (Fsp3) is 0. The molecule has 6 N–H and O–H groups in total. The van der Waals surface area contributed by atoms with Gasteiger partial charge in [-0.15, -0.1) is 0 Å². The van der Waals surface area contributed by atoms with E-state index in [4.69, 9.17) is 17.3 Å². The molecule has 0 aliphatic rings. The lowest BCUT2D eigenvalue weighted by Gasteiger charge is -1.98. The second-order valence-electron chi connectivity index (χ2n) is 2.43. The second kappa shape index (κ2) is 2.00. The number of rotatable bonds is 0. The van der Waals surface area contributed by atoms with Crippen LogP contribution in [0.5, 0.6) is 0 Å². The molecule has 6 nitrogen and oxygen atoms in total. The molecule has 0 aliphatic carbocycles. The normalized spacial score (nSPS) is 10.7. The van der Waals surface area contributed by atoms with Crippen molar-refractivity contribution in [2.75, 3.05) is 17.3 Å². The lowest BCUT2D eigenvalue weighted by atomic mass is 10.4. The van der Waals surface area contributed by atoms with Gasteiger partial charge in [0.05, 0.1) is 5.39 Å². The molecule has 2 heterocycles. The van der Waals surface area contributed by atoms with E-state index in [2.05, 4.69) is 9.97 Å². The molecule has 0 aromatic carbocycles. The van der Waals surface area contributed by atoms with Crippen molar-refractivity contribution in [1.82, 2.24) is 14.6 Å². The van der Waals surface area contributed by atoms with Crippen LogP contribution in [-0.4, -0.2) is 14.6 Å². The number of hydrogen-bond donors (Lipinski definition) is 3. The summed E-state index contributed by atoms with van der Waals surface area (Å²) in [6.07, 6.45) is 1.65. The Morgan fingerprint density at radius 3 is 2.75 bits per heavy atom. The minimum Gasteiger partial charge on any atom is -0.383 e. The molecule has 0 amide bonds. The molecule has 0 aliphatic heterocycles. The summed E-state index contributed by atoms with van der Waals surface area (Å²) in [5.41, 5.74) is 11.5. The molecule has 2 rings (SSSR count). The average Bonchev–Trinajstić information content (AvgIpc) is 2.33. The predicted octanol–water partition coefficient (Wildman–Crippen LogP) is -0.691. The Hall–Kier alpha value is -1.98. The zero-order chi connectivity index (χ0) is 8.72. The van der Waals surface area contributed by atoms with Crippen LogP contribution in [0.4, 0.5) is 11.8 Å². The zero-order valence-electron chi connectivity index (χ0n) is 6.23. The Kier molecular flexibility index (Phi) is 1.12. The molecule has 0 fully saturated rings. The third-order valence-electron chi connectivity index (χ3n) is 1.62. The number of nitrogens with zero attached hydrogens (tertiary/aromatic N) is 3. The number of aromatic nitrogens is 3. The lowest BCUT2D eigenvalue weighted by molar-refractivity contribution is 1.03. The smallest absolute Gasteiger partial charge is 0.224 e. The fourth-order valence-corrected chi connectivity index (χ4v) is 1.07. The second-order valence-corrected chi connectivity index (χ2v) is 2.43.